The minimum atomic E-state index is -0.331. The van der Waals surface area contributed by atoms with Gasteiger partial charge in [-0.3, -0.25) is 9.69 Å². The topological polar surface area (TPSA) is 123 Å². The van der Waals surface area contributed by atoms with E-state index in [-0.39, 0.29) is 42.1 Å². The molecule has 2 aliphatic carbocycles. The Bertz CT molecular complexity index is 716. The molecule has 3 unspecified atom stereocenters. The summed E-state index contributed by atoms with van der Waals surface area (Å²) < 4.78 is 13.9. The van der Waals surface area contributed by atoms with Crippen LogP contribution < -0.4 is 17.2 Å². The number of carbonyl (C=O) groups is 2. The molecule has 0 spiro atoms. The second-order valence-corrected chi connectivity index (χ2v) is 11.3. The number of hydrogen-bond acceptors (Lipinski definition) is 7. The number of halogens is 1. The minimum Gasteiger partial charge on any atom is -0.378 e. The molecule has 0 aromatic rings. The second kappa shape index (κ2) is 21.0. The van der Waals surface area contributed by atoms with Gasteiger partial charge >= 0.3 is 0 Å². The molecule has 0 aromatic carbocycles. The highest BCUT2D eigenvalue weighted by Gasteiger charge is 2.35. The van der Waals surface area contributed by atoms with Crippen LogP contribution in [0.15, 0.2) is 24.0 Å². The smallest absolute Gasteiger partial charge is 0.237 e. The zero-order chi connectivity index (χ0) is 29.3. The first kappa shape index (κ1) is 39.3. The predicted molar refractivity (Wildman–Crippen MR) is 161 cm³/mol. The molecular formula is C30H60FN5O3. The summed E-state index contributed by atoms with van der Waals surface area (Å²) in [6.07, 6.45) is 11.7. The fourth-order valence-electron chi connectivity index (χ4n) is 3.94. The summed E-state index contributed by atoms with van der Waals surface area (Å²) in [4.78, 5) is 30.4. The van der Waals surface area contributed by atoms with Gasteiger partial charge in [-0.2, -0.15) is 0 Å². The van der Waals surface area contributed by atoms with Crippen molar-refractivity contribution < 1.29 is 18.9 Å². The molecule has 1 heterocycles. The van der Waals surface area contributed by atoms with Crippen LogP contribution in [0.2, 0.25) is 0 Å². The molecule has 2 saturated carbocycles. The highest BCUT2D eigenvalue weighted by atomic mass is 19.2. The van der Waals surface area contributed by atoms with Crippen LogP contribution in [0.3, 0.4) is 0 Å². The molecule has 9 heteroatoms. The molecule has 1 amide bonds. The van der Waals surface area contributed by atoms with E-state index in [1.165, 1.54) is 31.8 Å². The summed E-state index contributed by atoms with van der Waals surface area (Å²) in [6, 6.07) is -0.640. The first-order valence-corrected chi connectivity index (χ1v) is 14.6. The van der Waals surface area contributed by atoms with Gasteiger partial charge in [0, 0.05) is 5.29 Å². The highest BCUT2D eigenvalue weighted by Crippen LogP contribution is 2.38. The van der Waals surface area contributed by atoms with Crippen LogP contribution in [0, 0.1) is 11.3 Å². The number of rotatable bonds is 10. The van der Waals surface area contributed by atoms with Gasteiger partial charge in [0.1, 0.15) is 12.0 Å². The number of carbonyl (C=O) groups excluding carboxylic acids is 2. The molecule has 0 radical (unpaired) electrons. The Morgan fingerprint density at radius 1 is 1.23 bits per heavy atom. The third kappa shape index (κ3) is 15.5. The fraction of sp³-hybridized carbons (Fsp3) is 0.800. The largest absolute Gasteiger partial charge is 0.378 e. The van der Waals surface area contributed by atoms with E-state index in [2.05, 4.69) is 30.6 Å². The van der Waals surface area contributed by atoms with Crippen LogP contribution in [-0.2, 0) is 14.4 Å². The number of likely N-dealkylation sites (N-methyl/N-ethyl adjacent to an activating group) is 1. The van der Waals surface area contributed by atoms with Crippen LogP contribution in [0.4, 0.5) is 4.48 Å². The summed E-state index contributed by atoms with van der Waals surface area (Å²) in [6.45, 7) is 18.6. The third-order valence-corrected chi connectivity index (χ3v) is 6.71. The van der Waals surface area contributed by atoms with Crippen LogP contribution in [0.1, 0.15) is 106 Å². The highest BCUT2D eigenvalue weighted by molar-refractivity contribution is 5.82. The van der Waals surface area contributed by atoms with Crippen molar-refractivity contribution >= 4 is 12.2 Å². The molecule has 3 fully saturated rings. The van der Waals surface area contributed by atoms with Crippen molar-refractivity contribution in [2.45, 2.75) is 124 Å². The van der Waals surface area contributed by atoms with Crippen molar-refractivity contribution in [1.29, 1.82) is 0 Å². The number of amides is 1. The van der Waals surface area contributed by atoms with E-state index in [1.54, 1.807) is 0 Å². The number of allylic oxidation sites excluding steroid dienone is 1. The summed E-state index contributed by atoms with van der Waals surface area (Å²) >= 11 is 0. The Hall–Kier alpha value is -1.81. The maximum atomic E-state index is 13.9. The Balaban J connectivity index is 0. The molecule has 6 N–H and O–H groups in total. The average molecular weight is 558 g/mol. The van der Waals surface area contributed by atoms with Gasteiger partial charge in [0.05, 0.1) is 24.7 Å². The van der Waals surface area contributed by atoms with Gasteiger partial charge in [-0.25, -0.2) is 0 Å². The lowest BCUT2D eigenvalue weighted by molar-refractivity contribution is -0.249. The van der Waals surface area contributed by atoms with Gasteiger partial charge < -0.3 is 26.8 Å². The minimum absolute atomic E-state index is 0. The van der Waals surface area contributed by atoms with Crippen molar-refractivity contribution in [2.24, 2.45) is 17.1 Å². The van der Waals surface area contributed by atoms with Gasteiger partial charge in [0.25, 0.3) is 0 Å². The second-order valence-electron chi connectivity index (χ2n) is 11.3. The Kier molecular flexibility index (Phi) is 21.2. The Morgan fingerprint density at radius 2 is 1.79 bits per heavy atom. The number of aldehydes is 1. The molecule has 8 nitrogen and oxygen atoms in total. The zero-order valence-corrected chi connectivity index (χ0v) is 26.2. The van der Waals surface area contributed by atoms with Gasteiger partial charge in [-0.05, 0) is 62.6 Å². The van der Waals surface area contributed by atoms with Crippen molar-refractivity contribution in [3.8, 4) is 0 Å². The lowest BCUT2D eigenvalue weighted by Gasteiger charge is -2.32. The van der Waals surface area contributed by atoms with Crippen molar-refractivity contribution in [3.63, 3.8) is 0 Å². The molecule has 3 atom stereocenters. The van der Waals surface area contributed by atoms with Crippen molar-refractivity contribution in [1.82, 2.24) is 21.7 Å². The van der Waals surface area contributed by atoms with E-state index < -0.39 is 0 Å². The van der Waals surface area contributed by atoms with Crippen molar-refractivity contribution in [3.05, 3.63) is 24.0 Å². The average Bonchev–Trinajstić information content (AvgIpc) is 3.59. The standard InChI is InChI=1S/C19H30FN3O2.C6H13NO.C3H8.C2H6.H3N/c1-3-11-23(20)25-18(15-9-10-15)16(13-14-6-4-7-14)21-19(24)17-8-5-12-22(17)2;1-6(2,3)5(7)4-8;1-3-2;1-2;/h3,14,16-17H,1,4-13H2,2H3,(H,21,24);4-5H,7H2,1-3H3;3H2,1-2H3;1-2H3;1H3. The van der Waals surface area contributed by atoms with Gasteiger partial charge in [-0.15, -0.1) is 6.58 Å². The van der Waals surface area contributed by atoms with E-state index in [0.717, 1.165) is 50.5 Å². The van der Waals surface area contributed by atoms with Gasteiger partial charge in [0.15, 0.2) is 0 Å². The molecule has 230 valence electrons. The van der Waals surface area contributed by atoms with E-state index in [0.29, 0.717) is 17.0 Å². The monoisotopic (exact) mass is 557 g/mol. The normalized spacial score (nSPS) is 19.7. The van der Waals surface area contributed by atoms with E-state index in [4.69, 9.17) is 10.6 Å². The van der Waals surface area contributed by atoms with Crippen molar-refractivity contribution in [2.75, 3.05) is 20.1 Å². The van der Waals surface area contributed by atoms with E-state index in [9.17, 15) is 14.1 Å². The van der Waals surface area contributed by atoms with E-state index >= 15 is 0 Å². The molecule has 1 saturated heterocycles. The number of nitrogens with zero attached hydrogens (tertiary/aromatic N) is 2. The number of nitrogens with two attached hydrogens (primary N) is 1. The molecule has 3 aliphatic rings. The van der Waals surface area contributed by atoms with Crippen LogP contribution >= 0.6 is 0 Å². The molecular weight excluding hydrogens is 497 g/mol. The first-order valence-electron chi connectivity index (χ1n) is 14.6. The lowest BCUT2D eigenvalue weighted by atomic mass is 9.80. The molecule has 0 aromatic heterocycles. The van der Waals surface area contributed by atoms with Gasteiger partial charge in [-0.1, -0.05) is 84.7 Å². The summed E-state index contributed by atoms with van der Waals surface area (Å²) in [5, 5.41) is 3.49. The first-order chi connectivity index (χ1) is 18.0. The SMILES string of the molecule is C=CCN(F)OC(=C1CC1)C(CC1CCC1)NC(=O)C1CCCN1C.CC.CC(C)(C)C(N)C=O.CCC.N. The Labute approximate surface area is 238 Å². The number of nitrogens with one attached hydrogen (secondary N) is 1. The maximum Gasteiger partial charge on any atom is 0.237 e. The number of hydroxylamine groups is 1. The summed E-state index contributed by atoms with van der Waals surface area (Å²) in [5.74, 6) is 1.25. The van der Waals surface area contributed by atoms with E-state index in [1.807, 2.05) is 41.7 Å². The van der Waals surface area contributed by atoms with Crippen LogP contribution in [0.5, 0.6) is 0 Å². The molecule has 0 bridgehead atoms. The zero-order valence-electron chi connectivity index (χ0n) is 26.2. The third-order valence-electron chi connectivity index (χ3n) is 6.71. The van der Waals surface area contributed by atoms with Gasteiger partial charge in [0.2, 0.25) is 5.91 Å². The number of hydrogen-bond donors (Lipinski definition) is 3. The number of likely N-dealkylation sites (tertiary alicyclic amines) is 1. The Morgan fingerprint density at radius 3 is 2.13 bits per heavy atom. The summed E-state index contributed by atoms with van der Waals surface area (Å²) in [7, 11) is 1.99. The summed E-state index contributed by atoms with van der Waals surface area (Å²) in [5.41, 5.74) is 6.42. The quantitative estimate of drug-likeness (QED) is 0.0951. The molecule has 1 aliphatic heterocycles. The maximum absolute atomic E-state index is 13.9. The van der Waals surface area contributed by atoms with Crippen LogP contribution in [0.25, 0.3) is 0 Å². The molecule has 39 heavy (non-hydrogen) atoms. The fourth-order valence-corrected chi connectivity index (χ4v) is 3.94. The lowest BCUT2D eigenvalue weighted by Crippen LogP contribution is -2.48. The predicted octanol–water partition coefficient (Wildman–Crippen LogP) is 6.27. The molecule has 3 rings (SSSR count). The van der Waals surface area contributed by atoms with Crippen LogP contribution in [-0.4, -0.2) is 60.6 Å².